The lowest BCUT2D eigenvalue weighted by molar-refractivity contribution is 0.0923. The van der Waals surface area contributed by atoms with Gasteiger partial charge in [0.25, 0.3) is 0 Å². The Morgan fingerprint density at radius 3 is 2.86 bits per heavy atom. The molecule has 1 heterocycles. The van der Waals surface area contributed by atoms with Gasteiger partial charge in [-0.15, -0.1) is 0 Å². The maximum absolute atomic E-state index is 12.4. The van der Waals surface area contributed by atoms with Crippen molar-refractivity contribution < 1.29 is 9.53 Å². The molecule has 0 radical (unpaired) electrons. The molecule has 1 aromatic rings. The van der Waals surface area contributed by atoms with Gasteiger partial charge in [0.05, 0.1) is 12.3 Å². The van der Waals surface area contributed by atoms with Crippen LogP contribution in [0.1, 0.15) is 56.3 Å². The molecule has 1 atom stereocenters. The maximum Gasteiger partial charge on any atom is 0.164 e. The highest BCUT2D eigenvalue weighted by atomic mass is 16.5. The summed E-state index contributed by atoms with van der Waals surface area (Å²) in [7, 11) is 0. The van der Waals surface area contributed by atoms with Crippen LogP contribution in [0.25, 0.3) is 0 Å². The van der Waals surface area contributed by atoms with Gasteiger partial charge in [0.2, 0.25) is 0 Å². The number of hydrogen-bond donors (Lipinski definition) is 1. The van der Waals surface area contributed by atoms with Gasteiger partial charge in [0.1, 0.15) is 5.75 Å². The van der Waals surface area contributed by atoms with Gasteiger partial charge in [0, 0.05) is 24.6 Å². The Labute approximate surface area is 133 Å². The molecule has 1 fully saturated rings. The number of hydrogen-bond acceptors (Lipinski definition) is 4. The van der Waals surface area contributed by atoms with E-state index in [0.717, 1.165) is 13.1 Å². The number of carbonyl (C=O) groups excluding carboxylic acids is 1. The van der Waals surface area contributed by atoms with Gasteiger partial charge in [-0.2, -0.15) is 0 Å². The first-order valence-electron chi connectivity index (χ1n) is 8.45. The number of benzene rings is 1. The molecule has 4 nitrogen and oxygen atoms in total. The molecule has 0 aliphatic carbocycles. The summed E-state index contributed by atoms with van der Waals surface area (Å²) >= 11 is 0. The van der Waals surface area contributed by atoms with Crippen molar-refractivity contribution in [1.82, 2.24) is 4.90 Å². The van der Waals surface area contributed by atoms with E-state index in [2.05, 4.69) is 11.8 Å². The third-order valence-electron chi connectivity index (χ3n) is 4.48. The lowest BCUT2D eigenvalue weighted by Crippen LogP contribution is -2.40. The Balaban J connectivity index is 1.93. The third-order valence-corrected chi connectivity index (χ3v) is 4.48. The van der Waals surface area contributed by atoms with Crippen LogP contribution in [-0.4, -0.2) is 36.4 Å². The second-order valence-corrected chi connectivity index (χ2v) is 5.95. The van der Waals surface area contributed by atoms with Crippen molar-refractivity contribution in [1.29, 1.82) is 0 Å². The molecule has 1 aliphatic rings. The molecule has 1 aromatic carbocycles. The summed E-state index contributed by atoms with van der Waals surface area (Å²) < 4.78 is 5.41. The zero-order chi connectivity index (χ0) is 15.9. The van der Waals surface area contributed by atoms with Gasteiger partial charge >= 0.3 is 0 Å². The molecular formula is C18H28N2O2. The van der Waals surface area contributed by atoms with Gasteiger partial charge in [-0.25, -0.2) is 0 Å². The van der Waals surface area contributed by atoms with Crippen LogP contribution in [0.5, 0.6) is 5.75 Å². The van der Waals surface area contributed by atoms with E-state index in [0.29, 0.717) is 36.1 Å². The van der Waals surface area contributed by atoms with E-state index in [1.54, 1.807) is 12.1 Å². The Bertz CT molecular complexity index is 502. The van der Waals surface area contributed by atoms with Crippen molar-refractivity contribution >= 4 is 11.5 Å². The minimum absolute atomic E-state index is 0.162. The fourth-order valence-corrected chi connectivity index (χ4v) is 3.22. The highest BCUT2D eigenvalue weighted by molar-refractivity contribution is 5.97. The van der Waals surface area contributed by atoms with E-state index in [4.69, 9.17) is 10.5 Å². The Hall–Kier alpha value is -1.55. The Morgan fingerprint density at radius 1 is 1.36 bits per heavy atom. The molecule has 1 saturated heterocycles. The summed E-state index contributed by atoms with van der Waals surface area (Å²) in [5.74, 6) is 0.816. The van der Waals surface area contributed by atoms with E-state index in [9.17, 15) is 4.79 Å². The fourth-order valence-electron chi connectivity index (χ4n) is 3.22. The number of piperidine rings is 1. The number of nitrogen functional groups attached to an aromatic ring is 1. The molecule has 0 aromatic heterocycles. The first-order chi connectivity index (χ1) is 10.7. The fraction of sp³-hybridized carbons (Fsp3) is 0.611. The average Bonchev–Trinajstić information content (AvgIpc) is 2.54. The Morgan fingerprint density at radius 2 is 2.18 bits per heavy atom. The second-order valence-electron chi connectivity index (χ2n) is 5.95. The monoisotopic (exact) mass is 304 g/mol. The first-order valence-corrected chi connectivity index (χ1v) is 8.45. The van der Waals surface area contributed by atoms with Crippen LogP contribution in [0.15, 0.2) is 18.2 Å². The molecule has 122 valence electrons. The van der Waals surface area contributed by atoms with Crippen molar-refractivity contribution in [2.24, 2.45) is 0 Å². The largest absolute Gasteiger partial charge is 0.492 e. The number of likely N-dealkylation sites (tertiary alicyclic amines) is 1. The summed E-state index contributed by atoms with van der Waals surface area (Å²) in [6.07, 6.45) is 5.56. The molecule has 0 spiro atoms. The molecule has 1 unspecified atom stereocenters. The zero-order valence-corrected chi connectivity index (χ0v) is 13.8. The summed E-state index contributed by atoms with van der Waals surface area (Å²) in [6.45, 7) is 6.70. The number of anilines is 1. The average molecular weight is 304 g/mol. The van der Waals surface area contributed by atoms with E-state index in [1.807, 2.05) is 13.0 Å². The van der Waals surface area contributed by atoms with E-state index in [-0.39, 0.29) is 5.78 Å². The SMILES string of the molecule is CCOc1ccc(C(=O)CCN2CCCCC2CC)cc1N. The predicted octanol–water partition coefficient (Wildman–Crippen LogP) is 3.50. The molecular weight excluding hydrogens is 276 g/mol. The van der Waals surface area contributed by atoms with Crippen LogP contribution in [-0.2, 0) is 0 Å². The van der Waals surface area contributed by atoms with E-state index < -0.39 is 0 Å². The smallest absolute Gasteiger partial charge is 0.164 e. The molecule has 0 bridgehead atoms. The second kappa shape index (κ2) is 8.18. The van der Waals surface area contributed by atoms with Crippen LogP contribution < -0.4 is 10.5 Å². The van der Waals surface area contributed by atoms with Crippen molar-refractivity contribution in [3.8, 4) is 5.75 Å². The topological polar surface area (TPSA) is 55.6 Å². The molecule has 2 N–H and O–H groups in total. The molecule has 1 aliphatic heterocycles. The minimum Gasteiger partial charge on any atom is -0.492 e. The van der Waals surface area contributed by atoms with Crippen molar-refractivity contribution in [3.63, 3.8) is 0 Å². The van der Waals surface area contributed by atoms with Crippen molar-refractivity contribution in [2.75, 3.05) is 25.4 Å². The quantitative estimate of drug-likeness (QED) is 0.619. The maximum atomic E-state index is 12.4. The van der Waals surface area contributed by atoms with Gasteiger partial charge in [-0.05, 0) is 50.9 Å². The number of nitrogens with two attached hydrogens (primary N) is 1. The van der Waals surface area contributed by atoms with Crippen LogP contribution in [0, 0.1) is 0 Å². The number of ketones is 1. The summed E-state index contributed by atoms with van der Waals surface area (Å²) in [5, 5.41) is 0. The van der Waals surface area contributed by atoms with Gasteiger partial charge < -0.3 is 10.5 Å². The predicted molar refractivity (Wildman–Crippen MR) is 90.5 cm³/mol. The van der Waals surface area contributed by atoms with Gasteiger partial charge in [-0.3, -0.25) is 9.69 Å². The minimum atomic E-state index is 0.162. The number of nitrogens with zero attached hydrogens (tertiary/aromatic N) is 1. The number of rotatable bonds is 7. The van der Waals surface area contributed by atoms with Crippen LogP contribution in [0.4, 0.5) is 5.69 Å². The van der Waals surface area contributed by atoms with Crippen molar-refractivity contribution in [2.45, 2.75) is 52.0 Å². The van der Waals surface area contributed by atoms with Gasteiger partial charge in [-0.1, -0.05) is 13.3 Å². The highest BCUT2D eigenvalue weighted by Crippen LogP contribution is 2.24. The normalized spacial score (nSPS) is 19.1. The van der Waals surface area contributed by atoms with Crippen LogP contribution >= 0.6 is 0 Å². The lowest BCUT2D eigenvalue weighted by Gasteiger charge is -2.35. The van der Waals surface area contributed by atoms with Crippen LogP contribution in [0.3, 0.4) is 0 Å². The van der Waals surface area contributed by atoms with E-state index in [1.165, 1.54) is 25.7 Å². The van der Waals surface area contributed by atoms with Crippen molar-refractivity contribution in [3.05, 3.63) is 23.8 Å². The number of Topliss-reactive ketones (excluding diaryl/α,β-unsaturated/α-hetero) is 1. The molecule has 0 saturated carbocycles. The zero-order valence-electron chi connectivity index (χ0n) is 13.8. The number of ether oxygens (including phenoxy) is 1. The highest BCUT2D eigenvalue weighted by Gasteiger charge is 2.21. The molecule has 4 heteroatoms. The molecule has 2 rings (SSSR count). The first kappa shape index (κ1) is 16.8. The lowest BCUT2D eigenvalue weighted by atomic mass is 9.99. The summed E-state index contributed by atoms with van der Waals surface area (Å²) in [6, 6.07) is 5.99. The van der Waals surface area contributed by atoms with Gasteiger partial charge in [0.15, 0.2) is 5.78 Å². The Kier molecular flexibility index (Phi) is 6.25. The standard InChI is InChI=1S/C18H28N2O2/c1-3-15-7-5-6-11-20(15)12-10-17(21)14-8-9-18(22-4-2)16(19)13-14/h8-9,13,15H,3-7,10-12,19H2,1-2H3. The van der Waals surface area contributed by atoms with E-state index >= 15 is 0 Å². The third kappa shape index (κ3) is 4.23. The molecule has 22 heavy (non-hydrogen) atoms. The molecule has 0 amide bonds. The summed E-state index contributed by atoms with van der Waals surface area (Å²) in [5.41, 5.74) is 7.17. The van der Waals surface area contributed by atoms with Crippen LogP contribution in [0.2, 0.25) is 0 Å². The number of carbonyl (C=O) groups is 1. The summed E-state index contributed by atoms with van der Waals surface area (Å²) in [4.78, 5) is 14.9.